The van der Waals surface area contributed by atoms with Crippen molar-refractivity contribution in [3.05, 3.63) is 27.5 Å². The van der Waals surface area contributed by atoms with Crippen molar-refractivity contribution in [1.82, 2.24) is 20.1 Å². The Labute approximate surface area is 135 Å². The van der Waals surface area contributed by atoms with Crippen LogP contribution in [0.25, 0.3) is 0 Å². The zero-order chi connectivity index (χ0) is 16.3. The number of carbonyl (C=O) groups excluding carboxylic acids is 1. The molecule has 6 nitrogen and oxygen atoms in total. The average Bonchev–Trinajstić information content (AvgIpc) is 3.00. The standard InChI is InChI=1S/C15H23N5OS/c1-6-12(14-16-9(3)11(5)22-14)17-15(21)18-13-8-20(7-2)19-10(13)4/h8,12H,6-7H2,1-5H3,(H2,17,18,21)/t12-/m0/s1. The zero-order valence-corrected chi connectivity index (χ0v) is 14.5. The molecule has 0 aliphatic heterocycles. The van der Waals surface area contributed by atoms with Crippen LogP contribution >= 0.6 is 11.3 Å². The molecular formula is C15H23N5OS. The van der Waals surface area contributed by atoms with Gasteiger partial charge in [-0.15, -0.1) is 11.3 Å². The Morgan fingerprint density at radius 2 is 2.05 bits per heavy atom. The van der Waals surface area contributed by atoms with Crippen LogP contribution < -0.4 is 10.6 Å². The number of anilines is 1. The van der Waals surface area contributed by atoms with Gasteiger partial charge in [0.1, 0.15) is 5.01 Å². The number of amides is 2. The Hall–Kier alpha value is -1.89. The lowest BCUT2D eigenvalue weighted by Crippen LogP contribution is -2.32. The van der Waals surface area contributed by atoms with Gasteiger partial charge in [0.15, 0.2) is 0 Å². The molecule has 22 heavy (non-hydrogen) atoms. The van der Waals surface area contributed by atoms with Crippen LogP contribution in [0.1, 0.15) is 47.6 Å². The highest BCUT2D eigenvalue weighted by molar-refractivity contribution is 7.11. The fraction of sp³-hybridized carbons (Fsp3) is 0.533. The van der Waals surface area contributed by atoms with Crippen LogP contribution in [0.15, 0.2) is 6.20 Å². The first-order valence-electron chi connectivity index (χ1n) is 7.50. The highest BCUT2D eigenvalue weighted by Crippen LogP contribution is 2.25. The molecule has 0 bridgehead atoms. The predicted octanol–water partition coefficient (Wildman–Crippen LogP) is 3.56. The van der Waals surface area contributed by atoms with E-state index in [4.69, 9.17) is 0 Å². The van der Waals surface area contributed by atoms with Gasteiger partial charge in [-0.1, -0.05) is 6.92 Å². The van der Waals surface area contributed by atoms with E-state index in [9.17, 15) is 4.79 Å². The Morgan fingerprint density at radius 1 is 1.32 bits per heavy atom. The van der Waals surface area contributed by atoms with Gasteiger partial charge in [-0.05, 0) is 34.1 Å². The third-order valence-corrected chi connectivity index (χ3v) is 4.76. The van der Waals surface area contributed by atoms with Gasteiger partial charge in [0, 0.05) is 17.6 Å². The van der Waals surface area contributed by atoms with Crippen molar-refractivity contribution in [3.8, 4) is 0 Å². The van der Waals surface area contributed by atoms with Crippen molar-refractivity contribution in [2.24, 2.45) is 0 Å². The Kier molecular flexibility index (Phi) is 5.18. The number of hydrogen-bond donors (Lipinski definition) is 2. The van der Waals surface area contributed by atoms with E-state index in [1.165, 1.54) is 4.88 Å². The number of hydrogen-bond acceptors (Lipinski definition) is 4. The summed E-state index contributed by atoms with van der Waals surface area (Å²) in [6, 6.07) is -0.296. The van der Waals surface area contributed by atoms with Crippen LogP contribution in [0.3, 0.4) is 0 Å². The van der Waals surface area contributed by atoms with E-state index in [0.717, 1.165) is 35.0 Å². The summed E-state index contributed by atoms with van der Waals surface area (Å²) in [4.78, 5) is 17.9. The highest BCUT2D eigenvalue weighted by atomic mass is 32.1. The number of nitrogens with zero attached hydrogens (tertiary/aromatic N) is 3. The molecule has 7 heteroatoms. The second-order valence-corrected chi connectivity index (χ2v) is 6.47. The Balaban J connectivity index is 2.04. The third kappa shape index (κ3) is 3.65. The van der Waals surface area contributed by atoms with Gasteiger partial charge in [-0.2, -0.15) is 5.10 Å². The van der Waals surface area contributed by atoms with E-state index >= 15 is 0 Å². The van der Waals surface area contributed by atoms with E-state index in [-0.39, 0.29) is 12.1 Å². The fourth-order valence-electron chi connectivity index (χ4n) is 2.10. The number of urea groups is 1. The number of aromatic nitrogens is 3. The Bertz CT molecular complexity index is 641. The Morgan fingerprint density at radius 3 is 2.55 bits per heavy atom. The van der Waals surface area contributed by atoms with Crippen molar-refractivity contribution in [2.45, 2.75) is 53.6 Å². The number of aryl methyl sites for hydroxylation is 4. The minimum absolute atomic E-state index is 0.0704. The summed E-state index contributed by atoms with van der Waals surface area (Å²) in [6.07, 6.45) is 2.64. The van der Waals surface area contributed by atoms with E-state index in [2.05, 4.69) is 20.7 Å². The zero-order valence-electron chi connectivity index (χ0n) is 13.7. The molecule has 2 amide bonds. The topological polar surface area (TPSA) is 71.8 Å². The molecule has 0 fully saturated rings. The molecule has 0 saturated carbocycles. The monoisotopic (exact) mass is 321 g/mol. The van der Waals surface area contributed by atoms with E-state index in [0.29, 0.717) is 0 Å². The lowest BCUT2D eigenvalue weighted by molar-refractivity contribution is 0.248. The van der Waals surface area contributed by atoms with E-state index in [1.807, 2.05) is 40.8 Å². The molecule has 2 aromatic heterocycles. The van der Waals surface area contributed by atoms with Gasteiger partial charge < -0.3 is 10.6 Å². The molecule has 2 heterocycles. The quantitative estimate of drug-likeness (QED) is 0.884. The molecule has 120 valence electrons. The molecule has 0 radical (unpaired) electrons. The smallest absolute Gasteiger partial charge is 0.319 e. The molecule has 0 saturated heterocycles. The molecule has 0 aliphatic carbocycles. The van der Waals surface area contributed by atoms with Crippen molar-refractivity contribution in [1.29, 1.82) is 0 Å². The summed E-state index contributed by atoms with van der Waals surface area (Å²) < 4.78 is 1.80. The minimum Gasteiger partial charge on any atom is -0.329 e. The van der Waals surface area contributed by atoms with Crippen molar-refractivity contribution in [2.75, 3.05) is 5.32 Å². The minimum atomic E-state index is -0.226. The second kappa shape index (κ2) is 6.91. The number of thiazole rings is 1. The summed E-state index contributed by atoms with van der Waals surface area (Å²) in [5.74, 6) is 0. The largest absolute Gasteiger partial charge is 0.329 e. The molecule has 0 unspecified atom stereocenters. The lowest BCUT2D eigenvalue weighted by atomic mass is 10.2. The first kappa shape index (κ1) is 16.5. The van der Waals surface area contributed by atoms with Gasteiger partial charge in [-0.25, -0.2) is 9.78 Å². The maximum atomic E-state index is 12.2. The average molecular weight is 321 g/mol. The predicted molar refractivity (Wildman–Crippen MR) is 89.4 cm³/mol. The first-order valence-corrected chi connectivity index (χ1v) is 8.31. The van der Waals surface area contributed by atoms with Gasteiger partial charge in [0.2, 0.25) is 0 Å². The number of rotatable bonds is 5. The molecule has 2 aromatic rings. The molecule has 0 aromatic carbocycles. The molecule has 1 atom stereocenters. The maximum absolute atomic E-state index is 12.2. The van der Waals surface area contributed by atoms with Crippen molar-refractivity contribution in [3.63, 3.8) is 0 Å². The van der Waals surface area contributed by atoms with Crippen LogP contribution in [0.4, 0.5) is 10.5 Å². The molecule has 2 N–H and O–H groups in total. The first-order chi connectivity index (χ1) is 10.4. The number of nitrogens with one attached hydrogen (secondary N) is 2. The molecule has 0 spiro atoms. The summed E-state index contributed by atoms with van der Waals surface area (Å²) in [5.41, 5.74) is 2.58. The summed E-state index contributed by atoms with van der Waals surface area (Å²) in [6.45, 7) is 10.7. The normalized spacial score (nSPS) is 12.2. The summed E-state index contributed by atoms with van der Waals surface area (Å²) in [7, 11) is 0. The van der Waals surface area contributed by atoms with Crippen LogP contribution in [-0.2, 0) is 6.54 Å². The number of carbonyl (C=O) groups is 1. The van der Waals surface area contributed by atoms with Crippen LogP contribution in [-0.4, -0.2) is 20.8 Å². The molecular weight excluding hydrogens is 298 g/mol. The lowest BCUT2D eigenvalue weighted by Gasteiger charge is -2.14. The second-order valence-electron chi connectivity index (χ2n) is 5.24. The van der Waals surface area contributed by atoms with E-state index < -0.39 is 0 Å². The van der Waals surface area contributed by atoms with Gasteiger partial charge in [0.25, 0.3) is 0 Å². The van der Waals surface area contributed by atoms with Crippen LogP contribution in [0.2, 0.25) is 0 Å². The summed E-state index contributed by atoms with van der Waals surface area (Å²) in [5, 5.41) is 11.1. The van der Waals surface area contributed by atoms with Gasteiger partial charge in [-0.3, -0.25) is 4.68 Å². The molecule has 0 aliphatic rings. The fourth-order valence-corrected chi connectivity index (χ4v) is 3.16. The van der Waals surface area contributed by atoms with Crippen molar-refractivity contribution >= 4 is 23.1 Å². The van der Waals surface area contributed by atoms with Crippen LogP contribution in [0.5, 0.6) is 0 Å². The van der Waals surface area contributed by atoms with Crippen LogP contribution in [0, 0.1) is 20.8 Å². The van der Waals surface area contributed by atoms with Crippen molar-refractivity contribution < 1.29 is 4.79 Å². The third-order valence-electron chi connectivity index (χ3n) is 3.58. The summed E-state index contributed by atoms with van der Waals surface area (Å²) >= 11 is 1.64. The van der Waals surface area contributed by atoms with Gasteiger partial charge in [0.05, 0.1) is 23.1 Å². The highest BCUT2D eigenvalue weighted by Gasteiger charge is 2.18. The SMILES string of the molecule is CC[C@H](NC(=O)Nc1cn(CC)nc1C)c1nc(C)c(C)s1. The van der Waals surface area contributed by atoms with Gasteiger partial charge >= 0.3 is 6.03 Å². The molecule has 2 rings (SSSR count). The maximum Gasteiger partial charge on any atom is 0.319 e. The van der Waals surface area contributed by atoms with E-state index in [1.54, 1.807) is 16.0 Å².